The zero-order chi connectivity index (χ0) is 16.3. The fourth-order valence-corrected chi connectivity index (χ4v) is 3.25. The molecular formula is C20H37N3O. The molecule has 4 nitrogen and oxygen atoms in total. The lowest BCUT2D eigenvalue weighted by atomic mass is 9.99. The number of hydrogen-bond acceptors (Lipinski definition) is 3. The number of allylic oxidation sites excluding steroid dienone is 2. The van der Waals surface area contributed by atoms with Gasteiger partial charge < -0.3 is 4.90 Å². The van der Waals surface area contributed by atoms with Gasteiger partial charge in [0.25, 0.3) is 0 Å². The Kier molecular flexibility index (Phi) is 9.20. The van der Waals surface area contributed by atoms with Crippen molar-refractivity contribution in [3.8, 4) is 0 Å². The van der Waals surface area contributed by atoms with Crippen molar-refractivity contribution in [1.82, 2.24) is 9.80 Å². The SMILES string of the molecule is C.C.CCCC(=O)N1CCN(C2C=C(C)N=C(C)C(C)=C2C)CC1. The molecule has 0 aromatic rings. The number of piperazine rings is 1. The molecule has 2 aliphatic rings. The van der Waals surface area contributed by atoms with E-state index in [1.54, 1.807) is 0 Å². The molecule has 138 valence electrons. The van der Waals surface area contributed by atoms with Gasteiger partial charge in [-0.25, -0.2) is 0 Å². The quantitative estimate of drug-likeness (QED) is 0.771. The van der Waals surface area contributed by atoms with Crippen LogP contribution in [0.1, 0.15) is 62.3 Å². The summed E-state index contributed by atoms with van der Waals surface area (Å²) in [6.45, 7) is 14.1. The molecule has 2 rings (SSSR count). The van der Waals surface area contributed by atoms with Gasteiger partial charge >= 0.3 is 0 Å². The van der Waals surface area contributed by atoms with Gasteiger partial charge in [0.15, 0.2) is 0 Å². The van der Waals surface area contributed by atoms with Crippen molar-refractivity contribution in [1.29, 1.82) is 0 Å². The van der Waals surface area contributed by atoms with E-state index < -0.39 is 0 Å². The molecule has 0 saturated carbocycles. The van der Waals surface area contributed by atoms with Crippen molar-refractivity contribution in [3.63, 3.8) is 0 Å². The molecule has 1 fully saturated rings. The van der Waals surface area contributed by atoms with Crippen LogP contribution < -0.4 is 0 Å². The van der Waals surface area contributed by atoms with Crippen LogP contribution in [0.25, 0.3) is 0 Å². The van der Waals surface area contributed by atoms with Crippen molar-refractivity contribution in [2.45, 2.75) is 68.4 Å². The zero-order valence-electron chi connectivity index (χ0n) is 14.6. The van der Waals surface area contributed by atoms with Crippen LogP contribution in [0, 0.1) is 0 Å². The maximum absolute atomic E-state index is 12.0. The van der Waals surface area contributed by atoms with Gasteiger partial charge in [-0.1, -0.05) is 21.8 Å². The molecule has 1 atom stereocenters. The van der Waals surface area contributed by atoms with Gasteiger partial charge in [-0.3, -0.25) is 14.7 Å². The molecule has 2 aliphatic heterocycles. The minimum atomic E-state index is 0. The summed E-state index contributed by atoms with van der Waals surface area (Å²) < 4.78 is 0. The van der Waals surface area contributed by atoms with Crippen molar-refractivity contribution in [2.75, 3.05) is 26.2 Å². The largest absolute Gasteiger partial charge is 0.340 e. The fraction of sp³-hybridized carbons (Fsp3) is 0.700. The Morgan fingerprint density at radius 1 is 1.12 bits per heavy atom. The Bertz CT molecular complexity index is 523. The predicted octanol–water partition coefficient (Wildman–Crippen LogP) is 4.29. The van der Waals surface area contributed by atoms with Crippen molar-refractivity contribution in [3.05, 3.63) is 22.9 Å². The lowest BCUT2D eigenvalue weighted by Crippen LogP contribution is -2.52. The van der Waals surface area contributed by atoms with E-state index in [0.29, 0.717) is 18.4 Å². The summed E-state index contributed by atoms with van der Waals surface area (Å²) in [7, 11) is 0. The molecule has 0 bridgehead atoms. The third kappa shape index (κ3) is 5.04. The van der Waals surface area contributed by atoms with E-state index in [4.69, 9.17) is 0 Å². The third-order valence-corrected chi connectivity index (χ3v) is 4.85. The van der Waals surface area contributed by atoms with Crippen LogP contribution in [0.4, 0.5) is 0 Å². The number of rotatable bonds is 3. The van der Waals surface area contributed by atoms with Gasteiger partial charge in [-0.2, -0.15) is 0 Å². The van der Waals surface area contributed by atoms with Crippen LogP contribution >= 0.6 is 0 Å². The normalized spacial score (nSPS) is 22.0. The lowest BCUT2D eigenvalue weighted by Gasteiger charge is -2.39. The maximum atomic E-state index is 12.0. The van der Waals surface area contributed by atoms with Crippen LogP contribution in [0.5, 0.6) is 0 Å². The maximum Gasteiger partial charge on any atom is 0.222 e. The third-order valence-electron chi connectivity index (χ3n) is 4.85. The van der Waals surface area contributed by atoms with Crippen LogP contribution in [0.2, 0.25) is 0 Å². The van der Waals surface area contributed by atoms with E-state index in [9.17, 15) is 4.79 Å². The Balaban J connectivity index is 0.00000264. The molecule has 0 N–H and O–H groups in total. The van der Waals surface area contributed by atoms with Gasteiger partial charge in [0, 0.05) is 44.0 Å². The number of amides is 1. The predicted molar refractivity (Wildman–Crippen MR) is 106 cm³/mol. The molecule has 4 heteroatoms. The molecule has 2 heterocycles. The first kappa shape index (κ1) is 22.6. The fourth-order valence-electron chi connectivity index (χ4n) is 3.25. The van der Waals surface area contributed by atoms with Crippen LogP contribution in [-0.4, -0.2) is 53.6 Å². The second kappa shape index (κ2) is 9.77. The number of carbonyl (C=O) groups is 1. The Hall–Kier alpha value is -1.42. The zero-order valence-corrected chi connectivity index (χ0v) is 14.6. The number of carbonyl (C=O) groups excluding carboxylic acids is 1. The van der Waals surface area contributed by atoms with Gasteiger partial charge in [-0.05, 0) is 51.3 Å². The number of aliphatic imine (C=N–C) groups is 1. The summed E-state index contributed by atoms with van der Waals surface area (Å²) >= 11 is 0. The first-order valence-electron chi connectivity index (χ1n) is 8.37. The molecular weight excluding hydrogens is 298 g/mol. The number of hydrogen-bond donors (Lipinski definition) is 0. The van der Waals surface area contributed by atoms with Gasteiger partial charge in [0.05, 0.1) is 6.04 Å². The molecule has 1 amide bonds. The molecule has 1 saturated heterocycles. The van der Waals surface area contributed by atoms with E-state index >= 15 is 0 Å². The minimum absolute atomic E-state index is 0. The van der Waals surface area contributed by atoms with Crippen molar-refractivity contribution in [2.24, 2.45) is 4.99 Å². The highest BCUT2D eigenvalue weighted by atomic mass is 16.2. The monoisotopic (exact) mass is 335 g/mol. The molecule has 1 unspecified atom stereocenters. The lowest BCUT2D eigenvalue weighted by molar-refractivity contribution is -0.133. The average Bonchev–Trinajstić information content (AvgIpc) is 2.59. The van der Waals surface area contributed by atoms with E-state index in [-0.39, 0.29) is 14.9 Å². The highest BCUT2D eigenvalue weighted by Crippen LogP contribution is 2.23. The summed E-state index contributed by atoms with van der Waals surface area (Å²) in [5.74, 6) is 0.303. The average molecular weight is 336 g/mol. The second-order valence-electron chi connectivity index (χ2n) is 6.42. The first-order valence-corrected chi connectivity index (χ1v) is 8.37. The van der Waals surface area contributed by atoms with Gasteiger partial charge in [-0.15, -0.1) is 0 Å². The second-order valence-corrected chi connectivity index (χ2v) is 6.42. The van der Waals surface area contributed by atoms with E-state index in [1.807, 2.05) is 4.90 Å². The number of nitrogens with zero attached hydrogens (tertiary/aromatic N) is 3. The molecule has 0 aromatic carbocycles. The summed E-state index contributed by atoms with van der Waals surface area (Å²) in [6.07, 6.45) is 3.87. The summed E-state index contributed by atoms with van der Waals surface area (Å²) in [5, 5.41) is 0. The van der Waals surface area contributed by atoms with E-state index in [0.717, 1.165) is 44.0 Å². The molecule has 0 spiro atoms. The van der Waals surface area contributed by atoms with Crippen LogP contribution in [0.3, 0.4) is 0 Å². The standard InChI is InChI=1S/C18H29N3O.2CH4/c1-6-7-18(22)21-10-8-20(9-11-21)17-12-13(2)19-16(5)14(3)15(17)4;;/h12,17H,6-11H2,1-5H3;2*1H4. The highest BCUT2D eigenvalue weighted by Gasteiger charge is 2.27. The Morgan fingerprint density at radius 2 is 1.71 bits per heavy atom. The van der Waals surface area contributed by atoms with Crippen molar-refractivity contribution < 1.29 is 4.79 Å². The Labute approximate surface area is 149 Å². The van der Waals surface area contributed by atoms with Crippen LogP contribution in [0.15, 0.2) is 27.9 Å². The van der Waals surface area contributed by atoms with Gasteiger partial charge in [0.1, 0.15) is 0 Å². The smallest absolute Gasteiger partial charge is 0.222 e. The first-order chi connectivity index (χ1) is 10.4. The molecule has 0 aromatic heterocycles. The Morgan fingerprint density at radius 3 is 2.25 bits per heavy atom. The summed E-state index contributed by atoms with van der Waals surface area (Å²) in [6, 6.07) is 0.310. The molecule has 0 radical (unpaired) electrons. The molecule has 0 aliphatic carbocycles. The van der Waals surface area contributed by atoms with E-state index in [2.05, 4.69) is 50.6 Å². The topological polar surface area (TPSA) is 35.9 Å². The minimum Gasteiger partial charge on any atom is -0.340 e. The summed E-state index contributed by atoms with van der Waals surface area (Å²) in [5.41, 5.74) is 4.88. The summed E-state index contributed by atoms with van der Waals surface area (Å²) in [4.78, 5) is 21.2. The van der Waals surface area contributed by atoms with Crippen molar-refractivity contribution >= 4 is 11.6 Å². The molecule has 24 heavy (non-hydrogen) atoms. The van der Waals surface area contributed by atoms with Gasteiger partial charge in [0.2, 0.25) is 5.91 Å². The van der Waals surface area contributed by atoms with Crippen LogP contribution in [-0.2, 0) is 4.79 Å². The van der Waals surface area contributed by atoms with E-state index in [1.165, 1.54) is 11.1 Å². The highest BCUT2D eigenvalue weighted by molar-refractivity contribution is 5.99.